The van der Waals surface area contributed by atoms with Crippen LogP contribution in [0.1, 0.15) is 38.7 Å². The number of carbonyl (C=O) groups is 2. The van der Waals surface area contributed by atoms with Gasteiger partial charge in [-0.15, -0.1) is 0 Å². The zero-order valence-corrected chi connectivity index (χ0v) is 17.1. The minimum atomic E-state index is -0.354. The van der Waals surface area contributed by atoms with E-state index >= 15 is 0 Å². The lowest BCUT2D eigenvalue weighted by Crippen LogP contribution is -2.32. The molecular formula is C17H20Br2N2O3. The average molecular weight is 460 g/mol. The molecule has 5 nitrogen and oxygen atoms in total. The standard InChI is InChI=1S/C17H20Br2N2O3/c1-10-4-11(18)5-14(19)16(10)24-9-15(23)21-20-12-6-13(22)8-17(2,3)7-12/h4-5H,6-9H2,1-3H3,(H,21,23)/b20-12-. The SMILES string of the molecule is Cc1cc(Br)cc(Br)c1OCC(=O)N/N=C1/CC(=O)CC(C)(C)C1. The monoisotopic (exact) mass is 458 g/mol. The maximum absolute atomic E-state index is 11.9. The van der Waals surface area contributed by atoms with Crippen LogP contribution in [0.4, 0.5) is 0 Å². The number of amides is 1. The molecule has 1 amide bonds. The molecule has 0 heterocycles. The Morgan fingerprint density at radius 3 is 2.67 bits per heavy atom. The number of ether oxygens (including phenoxy) is 1. The molecule has 0 bridgehead atoms. The van der Waals surface area contributed by atoms with E-state index in [2.05, 4.69) is 42.4 Å². The highest BCUT2D eigenvalue weighted by molar-refractivity contribution is 9.11. The first-order chi connectivity index (χ1) is 11.2. The second kappa shape index (κ2) is 7.78. The molecule has 0 spiro atoms. The van der Waals surface area contributed by atoms with Crippen LogP contribution < -0.4 is 10.2 Å². The van der Waals surface area contributed by atoms with Gasteiger partial charge in [-0.3, -0.25) is 9.59 Å². The second-order valence-electron chi connectivity index (χ2n) is 6.77. The highest BCUT2D eigenvalue weighted by Crippen LogP contribution is 2.33. The summed E-state index contributed by atoms with van der Waals surface area (Å²) in [5.41, 5.74) is 4.00. The van der Waals surface area contributed by atoms with Crippen molar-refractivity contribution in [1.29, 1.82) is 0 Å². The Hall–Kier alpha value is -1.21. The fourth-order valence-electron chi connectivity index (χ4n) is 2.76. The van der Waals surface area contributed by atoms with Crippen molar-refractivity contribution in [3.63, 3.8) is 0 Å². The number of nitrogens with zero attached hydrogens (tertiary/aromatic N) is 1. The molecular weight excluding hydrogens is 440 g/mol. The van der Waals surface area contributed by atoms with Gasteiger partial charge in [0.1, 0.15) is 11.5 Å². The number of benzene rings is 1. The molecule has 1 aliphatic rings. The quantitative estimate of drug-likeness (QED) is 0.687. The number of hydrazone groups is 1. The molecule has 0 radical (unpaired) electrons. The van der Waals surface area contributed by atoms with Gasteiger partial charge in [-0.25, -0.2) is 5.43 Å². The smallest absolute Gasteiger partial charge is 0.277 e. The molecule has 1 fully saturated rings. The summed E-state index contributed by atoms with van der Waals surface area (Å²) < 4.78 is 7.27. The van der Waals surface area contributed by atoms with Gasteiger partial charge in [-0.1, -0.05) is 29.8 Å². The number of hydrogen-bond acceptors (Lipinski definition) is 4. The number of ketones is 1. The van der Waals surface area contributed by atoms with Crippen molar-refractivity contribution >= 4 is 49.3 Å². The fourth-order valence-corrected chi connectivity index (χ4v) is 4.32. The predicted octanol–water partition coefficient (Wildman–Crippen LogP) is 4.15. The maximum Gasteiger partial charge on any atom is 0.277 e. The van der Waals surface area contributed by atoms with Crippen molar-refractivity contribution < 1.29 is 14.3 Å². The lowest BCUT2D eigenvalue weighted by Gasteiger charge is -2.28. The maximum atomic E-state index is 11.9. The van der Waals surface area contributed by atoms with Gasteiger partial charge in [0.05, 0.1) is 4.47 Å². The first-order valence-electron chi connectivity index (χ1n) is 7.61. The first kappa shape index (κ1) is 19.1. The summed E-state index contributed by atoms with van der Waals surface area (Å²) in [6, 6.07) is 3.77. The number of rotatable bonds is 4. The molecule has 24 heavy (non-hydrogen) atoms. The average Bonchev–Trinajstić information content (AvgIpc) is 2.41. The molecule has 1 aromatic rings. The number of carbonyl (C=O) groups excluding carboxylic acids is 2. The van der Waals surface area contributed by atoms with Crippen LogP contribution in [0.2, 0.25) is 0 Å². The Labute approximate surface area is 158 Å². The van der Waals surface area contributed by atoms with E-state index in [0.717, 1.165) is 14.5 Å². The Balaban J connectivity index is 1.92. The minimum Gasteiger partial charge on any atom is -0.482 e. The van der Waals surface area contributed by atoms with Gasteiger partial charge in [0.2, 0.25) is 0 Å². The van der Waals surface area contributed by atoms with E-state index in [9.17, 15) is 9.59 Å². The van der Waals surface area contributed by atoms with Gasteiger partial charge in [0.15, 0.2) is 6.61 Å². The second-order valence-corrected chi connectivity index (χ2v) is 8.54. The Morgan fingerprint density at radius 1 is 1.33 bits per heavy atom. The predicted molar refractivity (Wildman–Crippen MR) is 100 cm³/mol. The molecule has 0 atom stereocenters. The van der Waals surface area contributed by atoms with Crippen LogP contribution in [0.25, 0.3) is 0 Å². The van der Waals surface area contributed by atoms with Crippen LogP contribution in [-0.4, -0.2) is 24.0 Å². The summed E-state index contributed by atoms with van der Waals surface area (Å²) in [7, 11) is 0. The molecule has 7 heteroatoms. The van der Waals surface area contributed by atoms with Crippen molar-refractivity contribution in [3.05, 3.63) is 26.6 Å². The third-order valence-corrected chi connectivity index (χ3v) is 4.69. The number of halogens is 2. The van der Waals surface area contributed by atoms with Crippen LogP contribution in [0.5, 0.6) is 5.75 Å². The van der Waals surface area contributed by atoms with E-state index in [1.807, 2.05) is 32.9 Å². The molecule has 130 valence electrons. The van der Waals surface area contributed by atoms with Gasteiger partial charge < -0.3 is 4.74 Å². The molecule has 1 aromatic carbocycles. The summed E-state index contributed by atoms with van der Waals surface area (Å²) in [5.74, 6) is 0.424. The molecule has 0 aliphatic heterocycles. The number of hydrogen-bond donors (Lipinski definition) is 1. The molecule has 1 aliphatic carbocycles. The lowest BCUT2D eigenvalue weighted by molar-refractivity contribution is -0.123. The lowest BCUT2D eigenvalue weighted by atomic mass is 9.76. The van der Waals surface area contributed by atoms with E-state index < -0.39 is 0 Å². The van der Waals surface area contributed by atoms with Crippen molar-refractivity contribution in [2.24, 2.45) is 10.5 Å². The first-order valence-corrected chi connectivity index (χ1v) is 9.19. The fraction of sp³-hybridized carbons (Fsp3) is 0.471. The van der Waals surface area contributed by atoms with Crippen LogP contribution >= 0.6 is 31.9 Å². The van der Waals surface area contributed by atoms with E-state index in [1.54, 1.807) is 0 Å². The topological polar surface area (TPSA) is 67.8 Å². The summed E-state index contributed by atoms with van der Waals surface area (Å²) in [4.78, 5) is 23.7. The largest absolute Gasteiger partial charge is 0.482 e. The molecule has 1 saturated carbocycles. The Kier molecular flexibility index (Phi) is 6.20. The van der Waals surface area contributed by atoms with E-state index in [-0.39, 0.29) is 23.7 Å². The van der Waals surface area contributed by atoms with Crippen LogP contribution in [-0.2, 0) is 9.59 Å². The zero-order valence-electron chi connectivity index (χ0n) is 13.9. The zero-order chi connectivity index (χ0) is 17.9. The highest BCUT2D eigenvalue weighted by Gasteiger charge is 2.30. The van der Waals surface area contributed by atoms with Crippen molar-refractivity contribution in [1.82, 2.24) is 5.43 Å². The van der Waals surface area contributed by atoms with Gasteiger partial charge in [-0.05, 0) is 52.4 Å². The van der Waals surface area contributed by atoms with Crippen LogP contribution in [0, 0.1) is 12.3 Å². The third-order valence-electron chi connectivity index (χ3n) is 3.64. The molecule has 0 saturated heterocycles. The highest BCUT2D eigenvalue weighted by atomic mass is 79.9. The number of Topliss-reactive ketones (excluding diaryl/α,β-unsaturated/α-hetero) is 1. The Morgan fingerprint density at radius 2 is 2.04 bits per heavy atom. The molecule has 1 N–H and O–H groups in total. The summed E-state index contributed by atoms with van der Waals surface area (Å²) in [6.45, 7) is 5.81. The summed E-state index contributed by atoms with van der Waals surface area (Å²) in [6.07, 6.45) is 1.57. The van der Waals surface area contributed by atoms with Gasteiger partial charge in [-0.2, -0.15) is 5.10 Å². The molecule has 2 rings (SSSR count). The van der Waals surface area contributed by atoms with E-state index in [0.29, 0.717) is 30.7 Å². The Bertz CT molecular complexity index is 676. The number of nitrogens with one attached hydrogen (secondary N) is 1. The van der Waals surface area contributed by atoms with Crippen molar-refractivity contribution in [3.8, 4) is 5.75 Å². The summed E-state index contributed by atoms with van der Waals surface area (Å²) >= 11 is 6.82. The summed E-state index contributed by atoms with van der Waals surface area (Å²) in [5, 5.41) is 4.10. The van der Waals surface area contributed by atoms with E-state index in [4.69, 9.17) is 4.74 Å². The number of aryl methyl sites for hydroxylation is 1. The van der Waals surface area contributed by atoms with Gasteiger partial charge in [0.25, 0.3) is 5.91 Å². The van der Waals surface area contributed by atoms with Crippen molar-refractivity contribution in [2.45, 2.75) is 40.0 Å². The molecule has 0 unspecified atom stereocenters. The van der Waals surface area contributed by atoms with E-state index in [1.165, 1.54) is 0 Å². The normalized spacial score (nSPS) is 18.5. The van der Waals surface area contributed by atoms with Crippen LogP contribution in [0.3, 0.4) is 0 Å². The minimum absolute atomic E-state index is 0.102. The van der Waals surface area contributed by atoms with Gasteiger partial charge in [0, 0.05) is 23.0 Å². The van der Waals surface area contributed by atoms with Gasteiger partial charge >= 0.3 is 0 Å². The third kappa shape index (κ3) is 5.41. The van der Waals surface area contributed by atoms with Crippen LogP contribution in [0.15, 0.2) is 26.2 Å². The molecule has 0 aromatic heterocycles. The van der Waals surface area contributed by atoms with Crippen molar-refractivity contribution in [2.75, 3.05) is 6.61 Å².